The fourth-order valence-corrected chi connectivity index (χ4v) is 3.39. The lowest BCUT2D eigenvalue weighted by Crippen LogP contribution is -2.38. The maximum absolute atomic E-state index is 13.0. The van der Waals surface area contributed by atoms with Gasteiger partial charge in [-0.2, -0.15) is 0 Å². The van der Waals surface area contributed by atoms with Crippen molar-refractivity contribution in [3.8, 4) is 0 Å². The summed E-state index contributed by atoms with van der Waals surface area (Å²) in [6.07, 6.45) is 4.33. The highest BCUT2D eigenvalue weighted by atomic mass is 16.6. The van der Waals surface area contributed by atoms with Gasteiger partial charge < -0.3 is 14.4 Å². The van der Waals surface area contributed by atoms with Crippen molar-refractivity contribution in [3.63, 3.8) is 0 Å². The SMILES string of the molecule is C=Cc1ccnc(CC(C(=O)OC(C)(C)C)[C@H]2CCN(C(=O)OC(C)(C)C)C2)c1. The molecule has 2 heterocycles. The molecule has 0 bridgehead atoms. The molecule has 0 saturated carbocycles. The van der Waals surface area contributed by atoms with Gasteiger partial charge in [0.05, 0.1) is 5.92 Å². The lowest BCUT2D eigenvalue weighted by atomic mass is 9.87. The van der Waals surface area contributed by atoms with Crippen molar-refractivity contribution in [2.45, 2.75) is 65.6 Å². The molecular formula is C23H34N2O4. The summed E-state index contributed by atoms with van der Waals surface area (Å²) in [5.41, 5.74) is 0.651. The average Bonchev–Trinajstić information content (AvgIpc) is 3.06. The van der Waals surface area contributed by atoms with Crippen molar-refractivity contribution < 1.29 is 19.1 Å². The molecule has 1 unspecified atom stereocenters. The Morgan fingerprint density at radius 2 is 1.90 bits per heavy atom. The van der Waals surface area contributed by atoms with Gasteiger partial charge in [0.25, 0.3) is 0 Å². The van der Waals surface area contributed by atoms with Gasteiger partial charge in [-0.1, -0.05) is 12.7 Å². The molecule has 6 nitrogen and oxygen atoms in total. The first-order valence-corrected chi connectivity index (χ1v) is 10.2. The van der Waals surface area contributed by atoms with Crippen LogP contribution in [0.3, 0.4) is 0 Å². The highest BCUT2D eigenvalue weighted by molar-refractivity contribution is 5.74. The normalized spacial score (nSPS) is 18.3. The Hall–Kier alpha value is -2.37. The number of likely N-dealkylation sites (tertiary alicyclic amines) is 1. The molecule has 0 spiro atoms. The van der Waals surface area contributed by atoms with E-state index in [4.69, 9.17) is 9.47 Å². The molecule has 1 aromatic heterocycles. The second-order valence-electron chi connectivity index (χ2n) is 9.60. The van der Waals surface area contributed by atoms with Crippen molar-refractivity contribution in [2.24, 2.45) is 11.8 Å². The van der Waals surface area contributed by atoms with Crippen LogP contribution in [0.5, 0.6) is 0 Å². The molecule has 1 saturated heterocycles. The molecule has 1 amide bonds. The summed E-state index contributed by atoms with van der Waals surface area (Å²) in [4.78, 5) is 31.5. The van der Waals surface area contributed by atoms with E-state index >= 15 is 0 Å². The molecule has 1 aromatic rings. The Bertz CT molecular complexity index is 746. The van der Waals surface area contributed by atoms with E-state index in [-0.39, 0.29) is 23.9 Å². The first-order chi connectivity index (χ1) is 13.4. The zero-order chi connectivity index (χ0) is 21.8. The molecule has 6 heteroatoms. The minimum atomic E-state index is -0.574. The predicted octanol–water partition coefficient (Wildman–Crippen LogP) is 4.48. The van der Waals surface area contributed by atoms with Gasteiger partial charge in [0.15, 0.2) is 0 Å². The van der Waals surface area contributed by atoms with Crippen LogP contribution in [-0.4, -0.2) is 46.2 Å². The fourth-order valence-electron chi connectivity index (χ4n) is 3.39. The van der Waals surface area contributed by atoms with E-state index in [0.717, 1.165) is 17.7 Å². The summed E-state index contributed by atoms with van der Waals surface area (Å²) >= 11 is 0. The molecule has 0 aromatic carbocycles. The van der Waals surface area contributed by atoms with Crippen LogP contribution < -0.4 is 0 Å². The molecular weight excluding hydrogens is 368 g/mol. The lowest BCUT2D eigenvalue weighted by Gasteiger charge is -2.28. The van der Waals surface area contributed by atoms with Crippen LogP contribution in [-0.2, 0) is 20.7 Å². The van der Waals surface area contributed by atoms with Gasteiger partial charge in [0.1, 0.15) is 11.2 Å². The zero-order valence-corrected chi connectivity index (χ0v) is 18.5. The van der Waals surface area contributed by atoms with E-state index in [1.807, 2.05) is 53.7 Å². The monoisotopic (exact) mass is 402 g/mol. The van der Waals surface area contributed by atoms with E-state index in [2.05, 4.69) is 11.6 Å². The van der Waals surface area contributed by atoms with Crippen molar-refractivity contribution in [1.82, 2.24) is 9.88 Å². The number of carbonyl (C=O) groups excluding carboxylic acids is 2. The lowest BCUT2D eigenvalue weighted by molar-refractivity contribution is -0.162. The molecule has 29 heavy (non-hydrogen) atoms. The Morgan fingerprint density at radius 3 is 2.48 bits per heavy atom. The summed E-state index contributed by atoms with van der Waals surface area (Å²) < 4.78 is 11.2. The maximum Gasteiger partial charge on any atom is 0.410 e. The molecule has 0 aliphatic carbocycles. The molecule has 0 N–H and O–H groups in total. The third kappa shape index (κ3) is 7.18. The van der Waals surface area contributed by atoms with Gasteiger partial charge in [0, 0.05) is 31.4 Å². The number of nitrogens with zero attached hydrogens (tertiary/aromatic N) is 2. The van der Waals surface area contributed by atoms with Crippen LogP contribution in [0.15, 0.2) is 24.9 Å². The Labute approximate surface area is 174 Å². The summed E-state index contributed by atoms with van der Waals surface area (Å²) in [6.45, 7) is 16.0. The second kappa shape index (κ2) is 8.97. The molecule has 1 fully saturated rings. The summed E-state index contributed by atoms with van der Waals surface area (Å²) in [5.74, 6) is -0.639. The summed E-state index contributed by atoms with van der Waals surface area (Å²) in [6, 6.07) is 3.81. The van der Waals surface area contributed by atoms with Crippen molar-refractivity contribution in [2.75, 3.05) is 13.1 Å². The third-order valence-corrected chi connectivity index (χ3v) is 4.66. The minimum Gasteiger partial charge on any atom is -0.460 e. The number of hydrogen-bond acceptors (Lipinski definition) is 5. The van der Waals surface area contributed by atoms with Crippen LogP contribution in [0.25, 0.3) is 6.08 Å². The first-order valence-electron chi connectivity index (χ1n) is 10.2. The first kappa shape index (κ1) is 22.9. The molecule has 2 rings (SSSR count). The van der Waals surface area contributed by atoms with E-state index in [9.17, 15) is 9.59 Å². The Balaban J connectivity index is 2.18. The highest BCUT2D eigenvalue weighted by Gasteiger charge is 2.39. The van der Waals surface area contributed by atoms with E-state index < -0.39 is 11.2 Å². The topological polar surface area (TPSA) is 68.7 Å². The summed E-state index contributed by atoms with van der Waals surface area (Å²) in [7, 11) is 0. The number of esters is 1. The third-order valence-electron chi connectivity index (χ3n) is 4.66. The zero-order valence-electron chi connectivity index (χ0n) is 18.5. The molecule has 2 atom stereocenters. The molecule has 1 aliphatic heterocycles. The second-order valence-corrected chi connectivity index (χ2v) is 9.60. The van der Waals surface area contributed by atoms with E-state index in [1.165, 1.54) is 0 Å². The number of carbonyl (C=O) groups is 2. The van der Waals surface area contributed by atoms with E-state index in [0.29, 0.717) is 19.5 Å². The average molecular weight is 403 g/mol. The van der Waals surface area contributed by atoms with Crippen LogP contribution in [0, 0.1) is 11.8 Å². The van der Waals surface area contributed by atoms with Gasteiger partial charge in [0.2, 0.25) is 0 Å². The number of amides is 1. The van der Waals surface area contributed by atoms with Gasteiger partial charge in [-0.05, 0) is 71.6 Å². The minimum absolute atomic E-state index is 0.00782. The van der Waals surface area contributed by atoms with Crippen molar-refractivity contribution in [3.05, 3.63) is 36.2 Å². The van der Waals surface area contributed by atoms with Crippen LogP contribution in [0.4, 0.5) is 4.79 Å². The van der Waals surface area contributed by atoms with Gasteiger partial charge in [-0.25, -0.2) is 4.79 Å². The fraction of sp³-hybridized carbons (Fsp3) is 0.609. The predicted molar refractivity (Wildman–Crippen MR) is 113 cm³/mol. The number of aromatic nitrogens is 1. The van der Waals surface area contributed by atoms with Crippen molar-refractivity contribution >= 4 is 18.1 Å². The highest BCUT2D eigenvalue weighted by Crippen LogP contribution is 2.30. The Morgan fingerprint density at radius 1 is 1.24 bits per heavy atom. The Kier molecular flexibility index (Phi) is 7.09. The molecule has 1 aliphatic rings. The van der Waals surface area contributed by atoms with Gasteiger partial charge >= 0.3 is 12.1 Å². The van der Waals surface area contributed by atoms with E-state index in [1.54, 1.807) is 17.2 Å². The van der Waals surface area contributed by atoms with Crippen LogP contribution in [0.1, 0.15) is 59.2 Å². The maximum atomic E-state index is 13.0. The van der Waals surface area contributed by atoms with Gasteiger partial charge in [-0.3, -0.25) is 9.78 Å². The number of ether oxygens (including phenoxy) is 2. The molecule has 0 radical (unpaired) electrons. The number of pyridine rings is 1. The number of hydrogen-bond donors (Lipinski definition) is 0. The standard InChI is InChI=1S/C23H34N2O4/c1-8-16-9-11-24-18(13-16)14-19(20(26)28-22(2,3)4)17-10-12-25(15-17)21(27)29-23(5,6)7/h8-9,11,13,17,19H,1,10,12,14-15H2,2-7H3/t17-,19?/m0/s1. The van der Waals surface area contributed by atoms with Crippen molar-refractivity contribution in [1.29, 1.82) is 0 Å². The molecule has 160 valence electrons. The quantitative estimate of drug-likeness (QED) is 0.679. The smallest absolute Gasteiger partial charge is 0.410 e. The summed E-state index contributed by atoms with van der Waals surface area (Å²) in [5, 5.41) is 0. The number of rotatable bonds is 5. The van der Waals surface area contributed by atoms with Crippen LogP contribution >= 0.6 is 0 Å². The van der Waals surface area contributed by atoms with Crippen LogP contribution in [0.2, 0.25) is 0 Å². The van der Waals surface area contributed by atoms with Gasteiger partial charge in [-0.15, -0.1) is 0 Å². The largest absolute Gasteiger partial charge is 0.460 e.